The number of nitrogens with one attached hydrogen (secondary N) is 1. The zero-order valence-corrected chi connectivity index (χ0v) is 15.2. The van der Waals surface area contributed by atoms with E-state index in [2.05, 4.69) is 5.32 Å². The van der Waals surface area contributed by atoms with Gasteiger partial charge < -0.3 is 20.5 Å². The highest BCUT2D eigenvalue weighted by Gasteiger charge is 2.31. The number of carbonyl (C=O) groups excluding carboxylic acids is 2. The predicted octanol–water partition coefficient (Wildman–Crippen LogP) is 1.92. The van der Waals surface area contributed by atoms with Crippen molar-refractivity contribution in [1.82, 2.24) is 4.90 Å². The van der Waals surface area contributed by atoms with Gasteiger partial charge in [0.15, 0.2) is 11.5 Å². The number of primary amides is 1. The summed E-state index contributed by atoms with van der Waals surface area (Å²) in [6, 6.07) is 10.5. The summed E-state index contributed by atoms with van der Waals surface area (Å²) < 4.78 is 10.6. The highest BCUT2D eigenvalue weighted by molar-refractivity contribution is 6.34. The van der Waals surface area contributed by atoms with Crippen LogP contribution in [-0.4, -0.2) is 36.1 Å². The van der Waals surface area contributed by atoms with E-state index in [0.29, 0.717) is 35.2 Å². The van der Waals surface area contributed by atoms with Gasteiger partial charge in [-0.1, -0.05) is 35.9 Å². The maximum absolute atomic E-state index is 12.6. The van der Waals surface area contributed by atoms with Crippen molar-refractivity contribution >= 4 is 29.1 Å². The van der Waals surface area contributed by atoms with Crippen LogP contribution in [0.5, 0.6) is 11.5 Å². The molecule has 27 heavy (non-hydrogen) atoms. The van der Waals surface area contributed by atoms with Gasteiger partial charge in [0.05, 0.1) is 23.3 Å². The van der Waals surface area contributed by atoms with E-state index in [-0.39, 0.29) is 19.2 Å². The van der Waals surface area contributed by atoms with Crippen molar-refractivity contribution in [1.29, 1.82) is 0 Å². The molecule has 2 aliphatic heterocycles. The van der Waals surface area contributed by atoms with Crippen molar-refractivity contribution in [3.05, 3.63) is 52.5 Å². The fourth-order valence-electron chi connectivity index (χ4n) is 3.41. The number of benzene rings is 2. The van der Waals surface area contributed by atoms with E-state index in [1.807, 2.05) is 24.3 Å². The summed E-state index contributed by atoms with van der Waals surface area (Å²) in [5, 5.41) is 3.12. The van der Waals surface area contributed by atoms with E-state index in [1.165, 1.54) is 0 Å². The molecule has 0 radical (unpaired) electrons. The highest BCUT2D eigenvalue weighted by atomic mass is 35.5. The first-order valence-electron chi connectivity index (χ1n) is 8.50. The van der Waals surface area contributed by atoms with Gasteiger partial charge in [0.2, 0.25) is 18.6 Å². The topological polar surface area (TPSA) is 93.9 Å². The Hall–Kier alpha value is -2.77. The Morgan fingerprint density at radius 1 is 1.19 bits per heavy atom. The monoisotopic (exact) mass is 387 g/mol. The van der Waals surface area contributed by atoms with Crippen molar-refractivity contribution in [2.45, 2.75) is 19.0 Å². The summed E-state index contributed by atoms with van der Waals surface area (Å²) in [7, 11) is 0. The lowest BCUT2D eigenvalue weighted by molar-refractivity contribution is -0.125. The minimum Gasteiger partial charge on any atom is -0.454 e. The van der Waals surface area contributed by atoms with Gasteiger partial charge in [0.25, 0.3) is 0 Å². The number of halogens is 1. The summed E-state index contributed by atoms with van der Waals surface area (Å²) in [6.07, 6.45) is 0.490. The van der Waals surface area contributed by atoms with E-state index in [1.54, 1.807) is 17.0 Å². The number of fused-ring (bicyclic) bond motifs is 2. The molecule has 0 fully saturated rings. The molecule has 0 unspecified atom stereocenters. The number of hydrogen-bond acceptors (Lipinski definition) is 5. The van der Waals surface area contributed by atoms with Crippen LogP contribution in [0.15, 0.2) is 36.4 Å². The maximum atomic E-state index is 12.6. The maximum Gasteiger partial charge on any atom is 0.238 e. The molecular weight excluding hydrogens is 370 g/mol. The summed E-state index contributed by atoms with van der Waals surface area (Å²) in [5.74, 6) is 0.329. The second kappa shape index (κ2) is 7.09. The van der Waals surface area contributed by atoms with Crippen LogP contribution in [0.4, 0.5) is 5.69 Å². The van der Waals surface area contributed by atoms with Crippen molar-refractivity contribution in [3.8, 4) is 11.5 Å². The Labute approximate surface area is 161 Å². The van der Waals surface area contributed by atoms with Crippen molar-refractivity contribution in [2.24, 2.45) is 5.73 Å². The third-order valence-electron chi connectivity index (χ3n) is 4.76. The average Bonchev–Trinajstić information content (AvgIpc) is 3.08. The Morgan fingerprint density at radius 2 is 1.89 bits per heavy atom. The van der Waals surface area contributed by atoms with Crippen LogP contribution in [-0.2, 0) is 22.6 Å². The minimum absolute atomic E-state index is 0.0205. The molecule has 0 aromatic heterocycles. The number of hydrogen-bond donors (Lipinski definition) is 2. The normalized spacial score (nSPS) is 18.0. The first kappa shape index (κ1) is 17.6. The lowest BCUT2D eigenvalue weighted by Gasteiger charge is -2.34. The smallest absolute Gasteiger partial charge is 0.238 e. The van der Waals surface area contributed by atoms with Gasteiger partial charge in [0, 0.05) is 18.7 Å². The second-order valence-corrected chi connectivity index (χ2v) is 6.94. The number of ether oxygens (including phenoxy) is 2. The Balaban J connectivity index is 1.49. The van der Waals surface area contributed by atoms with Crippen molar-refractivity contribution < 1.29 is 19.1 Å². The molecule has 2 heterocycles. The molecule has 4 rings (SSSR count). The molecule has 8 heteroatoms. The van der Waals surface area contributed by atoms with Gasteiger partial charge >= 0.3 is 0 Å². The Morgan fingerprint density at radius 3 is 2.63 bits per heavy atom. The summed E-state index contributed by atoms with van der Waals surface area (Å²) in [4.78, 5) is 26.3. The van der Waals surface area contributed by atoms with Crippen LogP contribution >= 0.6 is 11.6 Å². The van der Waals surface area contributed by atoms with E-state index >= 15 is 0 Å². The molecule has 3 N–H and O–H groups in total. The first-order valence-corrected chi connectivity index (χ1v) is 8.88. The van der Waals surface area contributed by atoms with Crippen LogP contribution in [0.1, 0.15) is 11.1 Å². The van der Waals surface area contributed by atoms with Gasteiger partial charge in [-0.05, 0) is 17.5 Å². The minimum atomic E-state index is -0.530. The SMILES string of the molecule is NC(=O)[C@@H]1Cc2ccccc2CN1CC(=O)Nc1cc2c(cc1Cl)OCO2. The van der Waals surface area contributed by atoms with Crippen LogP contribution in [0.25, 0.3) is 0 Å². The van der Waals surface area contributed by atoms with Crippen LogP contribution in [0.2, 0.25) is 5.02 Å². The van der Waals surface area contributed by atoms with Gasteiger partial charge in [-0.15, -0.1) is 0 Å². The summed E-state index contributed by atoms with van der Waals surface area (Å²) in [6.45, 7) is 0.620. The van der Waals surface area contributed by atoms with Gasteiger partial charge in [-0.2, -0.15) is 0 Å². The third-order valence-corrected chi connectivity index (χ3v) is 5.07. The number of nitrogens with zero attached hydrogens (tertiary/aromatic N) is 1. The zero-order valence-electron chi connectivity index (χ0n) is 14.4. The summed E-state index contributed by atoms with van der Waals surface area (Å²) in [5.41, 5.74) is 8.16. The van der Waals surface area contributed by atoms with Crippen LogP contribution in [0.3, 0.4) is 0 Å². The molecule has 2 aliphatic rings. The third kappa shape index (κ3) is 3.56. The number of nitrogens with two attached hydrogens (primary N) is 1. The standard InChI is InChI=1S/C19H18ClN3O4/c20-13-6-16-17(27-10-26-16)7-14(13)22-18(24)9-23-8-12-4-2-1-3-11(12)5-15(23)19(21)25/h1-4,6-7,15H,5,8-10H2,(H2,21,25)(H,22,24)/t15-/m0/s1. The predicted molar refractivity (Wildman–Crippen MR) is 99.7 cm³/mol. The zero-order chi connectivity index (χ0) is 19.0. The number of rotatable bonds is 4. The lowest BCUT2D eigenvalue weighted by Crippen LogP contribution is -2.50. The summed E-state index contributed by atoms with van der Waals surface area (Å²) >= 11 is 6.20. The molecule has 2 amide bonds. The highest BCUT2D eigenvalue weighted by Crippen LogP contribution is 2.39. The van der Waals surface area contributed by atoms with E-state index in [9.17, 15) is 9.59 Å². The molecule has 2 aromatic carbocycles. The fraction of sp³-hybridized carbons (Fsp3) is 0.263. The quantitative estimate of drug-likeness (QED) is 0.835. The molecular formula is C19H18ClN3O4. The first-order chi connectivity index (χ1) is 13.0. The van der Waals surface area contributed by atoms with Crippen molar-refractivity contribution in [2.75, 3.05) is 18.7 Å². The average molecular weight is 388 g/mol. The lowest BCUT2D eigenvalue weighted by atomic mass is 9.93. The van der Waals surface area contributed by atoms with E-state index < -0.39 is 11.9 Å². The Bertz CT molecular complexity index is 918. The van der Waals surface area contributed by atoms with E-state index in [0.717, 1.165) is 11.1 Å². The molecule has 140 valence electrons. The fourth-order valence-corrected chi connectivity index (χ4v) is 3.61. The number of amides is 2. The Kier molecular flexibility index (Phi) is 4.63. The largest absolute Gasteiger partial charge is 0.454 e. The van der Waals surface area contributed by atoms with Crippen LogP contribution < -0.4 is 20.5 Å². The molecule has 7 nitrogen and oxygen atoms in total. The molecule has 0 aliphatic carbocycles. The van der Waals surface area contributed by atoms with E-state index in [4.69, 9.17) is 26.8 Å². The molecule has 0 spiro atoms. The number of carbonyl (C=O) groups is 2. The molecule has 0 saturated heterocycles. The molecule has 0 bridgehead atoms. The van der Waals surface area contributed by atoms with Crippen LogP contribution in [0, 0.1) is 0 Å². The van der Waals surface area contributed by atoms with Gasteiger partial charge in [-0.25, -0.2) is 0 Å². The van der Waals surface area contributed by atoms with Gasteiger partial charge in [-0.3, -0.25) is 14.5 Å². The number of anilines is 1. The molecule has 1 atom stereocenters. The molecule has 2 aromatic rings. The second-order valence-electron chi connectivity index (χ2n) is 6.53. The molecule has 0 saturated carbocycles. The van der Waals surface area contributed by atoms with Gasteiger partial charge in [0.1, 0.15) is 0 Å². The van der Waals surface area contributed by atoms with Crippen molar-refractivity contribution in [3.63, 3.8) is 0 Å².